The molecule has 38 heteroatoms. The maximum Gasteiger partial charge on any atom is 0.490 e. The number of thioether (sulfide) groups is 1. The first-order valence-corrected chi connectivity index (χ1v) is 26.3. The number of methoxy groups -OCH3 is 1. The molecule has 0 aliphatic carbocycles. The maximum absolute atomic E-state index is 12.7. The van der Waals surface area contributed by atoms with Gasteiger partial charge in [-0.3, -0.25) is 37.3 Å². The van der Waals surface area contributed by atoms with Crippen molar-refractivity contribution in [2.45, 2.75) is 89.3 Å². The first kappa shape index (κ1) is 63.7. The van der Waals surface area contributed by atoms with Gasteiger partial charge in [0.1, 0.15) is 42.3 Å². The lowest BCUT2D eigenvalue weighted by Crippen LogP contribution is -2.46. The lowest BCUT2D eigenvalue weighted by Gasteiger charge is -2.30. The van der Waals surface area contributed by atoms with E-state index >= 15 is 0 Å². The van der Waals surface area contributed by atoms with Crippen LogP contribution in [0.4, 0.5) is 19.0 Å². The number of carboxylic acids is 1. The van der Waals surface area contributed by atoms with Gasteiger partial charge in [0.15, 0.2) is 17.7 Å². The number of nitrogens with two attached hydrogens (primary N) is 1. The van der Waals surface area contributed by atoms with Crippen LogP contribution in [0.15, 0.2) is 12.7 Å². The first-order chi connectivity index (χ1) is 33.2. The monoisotopic (exact) mass is 1120 g/mol. The van der Waals surface area contributed by atoms with Gasteiger partial charge in [0.25, 0.3) is 0 Å². The van der Waals surface area contributed by atoms with Crippen molar-refractivity contribution in [3.63, 3.8) is 0 Å². The third kappa shape index (κ3) is 22.4. The summed E-state index contributed by atoms with van der Waals surface area (Å²) in [5.41, 5.74) is 4.22. The smallest absolute Gasteiger partial charge is 0.475 e. The molecule has 410 valence electrons. The Balaban J connectivity index is 0.00000235. The molecule has 1 aliphatic rings. The quantitative estimate of drug-likeness (QED) is 0.0269. The minimum absolute atomic E-state index is 0.0198. The maximum atomic E-state index is 12.7. The summed E-state index contributed by atoms with van der Waals surface area (Å²) in [5, 5.41) is 38.8. The molecule has 3 heterocycles. The Morgan fingerprint density at radius 2 is 1.57 bits per heavy atom. The second-order valence-corrected chi connectivity index (χ2v) is 20.9. The number of esters is 1. The molecule has 0 radical (unpaired) electrons. The van der Waals surface area contributed by atoms with Gasteiger partial charge in [0.05, 0.1) is 32.4 Å². The van der Waals surface area contributed by atoms with E-state index in [0.29, 0.717) is 31.6 Å². The molecule has 1 saturated heterocycles. The second-order valence-electron chi connectivity index (χ2n) is 15.5. The number of carbonyl (C=O) groups excluding carboxylic acids is 5. The molecule has 2 unspecified atom stereocenters. The minimum Gasteiger partial charge on any atom is -0.475 e. The molecule has 8 atom stereocenters. The molecule has 0 saturated carbocycles. The van der Waals surface area contributed by atoms with Gasteiger partial charge in [-0.25, -0.2) is 38.2 Å². The molecule has 31 nitrogen and oxygen atoms in total. The number of carbonyl (C=O) groups is 6. The molecule has 1 aliphatic heterocycles. The molecule has 0 aromatic carbocycles. The summed E-state index contributed by atoms with van der Waals surface area (Å²) in [6.07, 6.45) is -10.7. The largest absolute Gasteiger partial charge is 0.490 e. The number of unbranched alkanes of at least 4 members (excludes halogenated alkanes) is 1. The summed E-state index contributed by atoms with van der Waals surface area (Å²) in [7, 11) is -15.2. The molecule has 2 aromatic rings. The highest BCUT2D eigenvalue weighted by atomic mass is 32.2. The van der Waals surface area contributed by atoms with Crippen molar-refractivity contribution in [1.82, 2.24) is 40.8 Å². The van der Waals surface area contributed by atoms with E-state index in [-0.39, 0.29) is 54.1 Å². The number of hydrogen-bond donors (Lipinski definition) is 12. The fraction of sp³-hybridized carbons (Fsp3) is 0.676. The number of aliphatic hydroxyl groups is 2. The van der Waals surface area contributed by atoms with E-state index in [4.69, 9.17) is 29.4 Å². The van der Waals surface area contributed by atoms with E-state index < -0.39 is 109 Å². The summed E-state index contributed by atoms with van der Waals surface area (Å²) in [4.78, 5) is 120. The van der Waals surface area contributed by atoms with Crippen molar-refractivity contribution < 1.29 is 118 Å². The molecule has 3 rings (SSSR count). The van der Waals surface area contributed by atoms with Crippen molar-refractivity contribution in [3.8, 4) is 0 Å². The average molecular weight is 1120 g/mol. The van der Waals surface area contributed by atoms with Gasteiger partial charge >= 0.3 is 41.6 Å². The van der Waals surface area contributed by atoms with Crippen LogP contribution in [0.2, 0.25) is 0 Å². The number of fused-ring (bicyclic) bond motifs is 1. The van der Waals surface area contributed by atoms with Crippen molar-refractivity contribution in [2.24, 2.45) is 5.41 Å². The Morgan fingerprint density at radius 3 is 2.17 bits per heavy atom. The number of halogens is 3. The van der Waals surface area contributed by atoms with Crippen molar-refractivity contribution >= 4 is 87.8 Å². The summed E-state index contributed by atoms with van der Waals surface area (Å²) in [6.45, 7) is 2.03. The van der Waals surface area contributed by atoms with E-state index in [1.54, 1.807) is 0 Å². The molecule has 4 amide bonds. The summed E-state index contributed by atoms with van der Waals surface area (Å²) in [6, 6.07) is -0.766. The summed E-state index contributed by atoms with van der Waals surface area (Å²) < 4.78 is 98.6. The Morgan fingerprint density at radius 1 is 0.944 bits per heavy atom. The highest BCUT2D eigenvalue weighted by molar-refractivity contribution is 7.99. The van der Waals surface area contributed by atoms with E-state index in [1.807, 2.05) is 0 Å². The van der Waals surface area contributed by atoms with Crippen LogP contribution in [0, 0.1) is 5.41 Å². The predicted molar refractivity (Wildman–Crippen MR) is 237 cm³/mol. The van der Waals surface area contributed by atoms with Gasteiger partial charge in [-0.1, -0.05) is 13.8 Å². The molecule has 0 bridgehead atoms. The Labute approximate surface area is 410 Å². The van der Waals surface area contributed by atoms with Crippen LogP contribution < -0.4 is 27.0 Å². The number of ether oxygens (including phenoxy) is 2. The number of aliphatic hydroxyl groups excluding tert-OH is 2. The van der Waals surface area contributed by atoms with E-state index in [9.17, 15) is 80.6 Å². The van der Waals surface area contributed by atoms with E-state index in [2.05, 4.69) is 49.8 Å². The lowest BCUT2D eigenvalue weighted by atomic mass is 9.87. The zero-order valence-corrected chi connectivity index (χ0v) is 41.9. The van der Waals surface area contributed by atoms with Gasteiger partial charge in [0.2, 0.25) is 23.6 Å². The molecule has 72 heavy (non-hydrogen) atoms. The average Bonchev–Trinajstić information content (AvgIpc) is 3.83. The summed E-state index contributed by atoms with van der Waals surface area (Å²) >= 11 is 1.26. The van der Waals surface area contributed by atoms with E-state index in [1.165, 1.54) is 39.6 Å². The van der Waals surface area contributed by atoms with Crippen LogP contribution in [-0.4, -0.2) is 178 Å². The van der Waals surface area contributed by atoms with Crippen LogP contribution in [-0.2, 0) is 69.8 Å². The number of amides is 4. The number of imidazole rings is 1. The highest BCUT2D eigenvalue weighted by Gasteiger charge is 2.50. The normalized spacial score (nSPS) is 19.6. The predicted octanol–water partition coefficient (Wildman–Crippen LogP) is -1.26. The van der Waals surface area contributed by atoms with Crippen LogP contribution in [0.3, 0.4) is 0 Å². The van der Waals surface area contributed by atoms with Gasteiger partial charge < -0.3 is 71.4 Å². The molecule has 1 fully saturated rings. The van der Waals surface area contributed by atoms with Gasteiger partial charge in [-0.2, -0.15) is 29.2 Å². The second kappa shape index (κ2) is 28.3. The van der Waals surface area contributed by atoms with Crippen LogP contribution in [0.25, 0.3) is 11.2 Å². The van der Waals surface area contributed by atoms with Crippen LogP contribution >= 0.6 is 35.2 Å². The SMILES string of the molecule is COC(=O)[C@H](CCCCNC(=O)CSCCNC(=O)CCNC(=O)[C@H](O)C(C)(C)COP(=O)(O)OP(=O)(O)OC[C@H]1O[C@@H](n2cnc3c(N)ncnc32)[C@H](O)[C@@H]1OP(=O)(O)O)NC(C)=O.O=C(O)C(F)(F)F. The third-order valence-electron chi connectivity index (χ3n) is 9.23. The fourth-order valence-electron chi connectivity index (χ4n) is 5.76. The number of phosphoric acid groups is 3. The Hall–Kier alpha value is -4.44. The Kier molecular flexibility index (Phi) is 25.0. The van der Waals surface area contributed by atoms with Crippen molar-refractivity contribution in [2.75, 3.05) is 57.2 Å². The number of phosphoric ester groups is 3. The zero-order chi connectivity index (χ0) is 54.8. The van der Waals surface area contributed by atoms with Crippen molar-refractivity contribution in [3.05, 3.63) is 12.7 Å². The number of anilines is 1. The van der Waals surface area contributed by atoms with Gasteiger partial charge in [-0.05, 0) is 19.3 Å². The van der Waals surface area contributed by atoms with Gasteiger partial charge in [0, 0.05) is 44.1 Å². The molecular weight excluding hydrogens is 1070 g/mol. The van der Waals surface area contributed by atoms with E-state index in [0.717, 1.165) is 17.2 Å². The minimum atomic E-state index is -5.60. The number of nitrogen functional groups attached to an aromatic ring is 1. The number of rotatable bonds is 28. The number of alkyl halides is 3. The number of aliphatic carboxylic acids is 1. The standard InChI is InChI=1S/C32H54N9O20P3S.C2HF3O2/c1-18(42)40-19(31(48)56-4)7-5-6-9-34-22(44)14-65-12-11-35-21(43)8-10-36-29(47)26(46)32(2,3)15-58-64(54,55)61-63(52,53)57-13-20-25(60-62(49,50)51)24(45)30(59-20)41-17-39-23-27(33)37-16-38-28(23)41;3-2(4,5)1(6)7/h16-17,19-20,24-26,30,45-46H,5-15H2,1-4H3,(H,34,44)(H,35,43)(H,36,47)(H,40,42)(H,52,53)(H,54,55)(H2,33,37,38)(H2,49,50,51);(H,6,7)/t19-,20+,24+,25+,26-,30+;/m0./s1. The number of nitrogens with one attached hydrogen (secondary N) is 4. The van der Waals surface area contributed by atoms with Crippen LogP contribution in [0.1, 0.15) is 52.7 Å². The number of carboxylic acid groups (broad SMARTS) is 1. The number of hydrogen-bond acceptors (Lipinski definition) is 22. The van der Waals surface area contributed by atoms with Gasteiger partial charge in [-0.15, -0.1) is 0 Å². The first-order valence-electron chi connectivity index (χ1n) is 20.6. The Bertz CT molecular complexity index is 2330. The summed E-state index contributed by atoms with van der Waals surface area (Å²) in [5.74, 6) is -4.92. The van der Waals surface area contributed by atoms with Crippen LogP contribution in [0.5, 0.6) is 0 Å². The molecule has 2 aromatic heterocycles. The molecule has 0 spiro atoms. The molecule has 13 N–H and O–H groups in total. The highest BCUT2D eigenvalue weighted by Crippen LogP contribution is 2.61. The topological polar surface area (TPSA) is 468 Å². The third-order valence-corrected chi connectivity index (χ3v) is 13.3. The number of aromatic nitrogens is 4. The zero-order valence-electron chi connectivity index (χ0n) is 38.4. The number of nitrogens with zero attached hydrogens (tertiary/aromatic N) is 4. The molecular formula is C34H55F3N9O22P3S. The lowest BCUT2D eigenvalue weighted by molar-refractivity contribution is -0.192. The fourth-order valence-corrected chi connectivity index (χ4v) is 9.26. The van der Waals surface area contributed by atoms with Crippen molar-refractivity contribution in [1.29, 1.82) is 0 Å².